The van der Waals surface area contributed by atoms with Crippen molar-refractivity contribution in [3.05, 3.63) is 84.6 Å². The van der Waals surface area contributed by atoms with Crippen LogP contribution in [0.15, 0.2) is 79.0 Å². The Balaban J connectivity index is 1.25. The van der Waals surface area contributed by atoms with Crippen LogP contribution in [0, 0.1) is 0 Å². The zero-order valence-corrected chi connectivity index (χ0v) is 20.4. The van der Waals surface area contributed by atoms with Gasteiger partial charge in [0.05, 0.1) is 23.7 Å². The van der Waals surface area contributed by atoms with E-state index in [0.29, 0.717) is 6.42 Å². The Bertz CT molecular complexity index is 1300. The highest BCUT2D eigenvalue weighted by Crippen LogP contribution is 2.26. The lowest BCUT2D eigenvalue weighted by Crippen LogP contribution is -2.47. The number of nitrogens with one attached hydrogen (secondary N) is 1. The molecular formula is C29H32N6O. The first-order chi connectivity index (χ1) is 17.7. The second kappa shape index (κ2) is 11.3. The maximum Gasteiger partial charge on any atom is 0.228 e. The zero-order chi connectivity index (χ0) is 24.7. The maximum atomic E-state index is 12.4. The third kappa shape index (κ3) is 5.87. The molecule has 1 fully saturated rings. The number of aromatic nitrogens is 2. The van der Waals surface area contributed by atoms with E-state index in [0.717, 1.165) is 84.9 Å². The molecule has 0 aliphatic carbocycles. The molecule has 3 N–H and O–H groups in total. The molecule has 0 radical (unpaired) electrons. The average molecular weight is 481 g/mol. The van der Waals surface area contributed by atoms with E-state index in [2.05, 4.69) is 32.2 Å². The van der Waals surface area contributed by atoms with Gasteiger partial charge in [-0.05, 0) is 60.5 Å². The number of anilines is 2. The fourth-order valence-electron chi connectivity index (χ4n) is 4.58. The third-order valence-corrected chi connectivity index (χ3v) is 6.61. The van der Waals surface area contributed by atoms with Gasteiger partial charge in [-0.25, -0.2) is 4.98 Å². The number of fused-ring (bicyclic) bond motifs is 1. The second-order valence-corrected chi connectivity index (χ2v) is 9.19. The minimum Gasteiger partial charge on any atom is -0.353 e. The summed E-state index contributed by atoms with van der Waals surface area (Å²) >= 11 is 0. The summed E-state index contributed by atoms with van der Waals surface area (Å²) in [5, 5.41) is 2.98. The number of nitrogens with zero attached hydrogens (tertiary/aromatic N) is 4. The Hall–Kier alpha value is -3.81. The summed E-state index contributed by atoms with van der Waals surface area (Å²) in [6.45, 7) is 5.74. The van der Waals surface area contributed by atoms with Crippen LogP contribution in [-0.2, 0) is 11.2 Å². The molecule has 7 nitrogen and oxygen atoms in total. The lowest BCUT2D eigenvalue weighted by atomic mass is 10.0. The largest absolute Gasteiger partial charge is 0.353 e. The van der Waals surface area contributed by atoms with Gasteiger partial charge in [-0.3, -0.25) is 14.7 Å². The number of nitrogens with two attached hydrogens (primary N) is 1. The van der Waals surface area contributed by atoms with Crippen LogP contribution in [0.2, 0.25) is 0 Å². The van der Waals surface area contributed by atoms with Gasteiger partial charge in [-0.2, -0.15) is 0 Å². The Morgan fingerprint density at radius 3 is 2.39 bits per heavy atom. The van der Waals surface area contributed by atoms with Gasteiger partial charge in [0.1, 0.15) is 5.82 Å². The number of hydrogen-bond donors (Lipinski definition) is 2. The molecular weight excluding hydrogens is 448 g/mol. The molecule has 4 aromatic rings. The first kappa shape index (κ1) is 23.9. The predicted molar refractivity (Wildman–Crippen MR) is 146 cm³/mol. The van der Waals surface area contributed by atoms with Gasteiger partial charge >= 0.3 is 0 Å². The van der Waals surface area contributed by atoms with Crippen LogP contribution in [0.4, 0.5) is 11.5 Å². The minimum atomic E-state index is -0.0253. The Labute approximate surface area is 212 Å². The van der Waals surface area contributed by atoms with Crippen LogP contribution >= 0.6 is 0 Å². The molecule has 0 bridgehead atoms. The molecule has 7 heteroatoms. The molecule has 0 saturated carbocycles. The Kier molecular flexibility index (Phi) is 7.50. The van der Waals surface area contributed by atoms with Crippen molar-refractivity contribution in [3.8, 4) is 11.1 Å². The van der Waals surface area contributed by atoms with Gasteiger partial charge in [-0.1, -0.05) is 48.5 Å². The first-order valence-corrected chi connectivity index (χ1v) is 12.6. The van der Waals surface area contributed by atoms with Crippen molar-refractivity contribution in [3.63, 3.8) is 0 Å². The van der Waals surface area contributed by atoms with E-state index in [1.807, 2.05) is 66.9 Å². The summed E-state index contributed by atoms with van der Waals surface area (Å²) < 4.78 is 0. The van der Waals surface area contributed by atoms with Crippen LogP contribution in [0.3, 0.4) is 0 Å². The highest BCUT2D eigenvalue weighted by Gasteiger charge is 2.18. The topological polar surface area (TPSA) is 87.4 Å². The third-order valence-electron chi connectivity index (χ3n) is 6.61. The summed E-state index contributed by atoms with van der Waals surface area (Å²) in [5.41, 5.74) is 11.3. The lowest BCUT2D eigenvalue weighted by molar-refractivity contribution is -0.115. The van der Waals surface area contributed by atoms with E-state index in [1.54, 1.807) is 0 Å². The predicted octanol–water partition coefficient (Wildman–Crippen LogP) is 3.95. The fraction of sp³-hybridized carbons (Fsp3) is 0.276. The van der Waals surface area contributed by atoms with Crippen molar-refractivity contribution in [1.29, 1.82) is 0 Å². The highest BCUT2D eigenvalue weighted by atomic mass is 16.1. The van der Waals surface area contributed by atoms with E-state index in [1.165, 1.54) is 0 Å². The van der Waals surface area contributed by atoms with Crippen molar-refractivity contribution >= 4 is 28.4 Å². The number of carbonyl (C=O) groups is 1. The molecule has 0 spiro atoms. The number of hydrogen-bond acceptors (Lipinski definition) is 6. The molecule has 1 saturated heterocycles. The second-order valence-electron chi connectivity index (χ2n) is 9.19. The van der Waals surface area contributed by atoms with Crippen molar-refractivity contribution in [2.24, 2.45) is 5.73 Å². The van der Waals surface area contributed by atoms with Crippen LogP contribution in [0.25, 0.3) is 22.2 Å². The van der Waals surface area contributed by atoms with Gasteiger partial charge in [0.2, 0.25) is 5.91 Å². The molecule has 1 aromatic heterocycles. The van der Waals surface area contributed by atoms with Crippen molar-refractivity contribution in [2.75, 3.05) is 49.5 Å². The quantitative estimate of drug-likeness (QED) is 0.397. The smallest absolute Gasteiger partial charge is 0.228 e. The van der Waals surface area contributed by atoms with E-state index < -0.39 is 0 Å². The molecule has 0 unspecified atom stereocenters. The summed E-state index contributed by atoms with van der Waals surface area (Å²) in [7, 11) is 0. The van der Waals surface area contributed by atoms with E-state index >= 15 is 0 Å². The highest BCUT2D eigenvalue weighted by molar-refractivity contribution is 5.92. The fourth-order valence-corrected chi connectivity index (χ4v) is 4.58. The molecule has 1 aliphatic rings. The molecule has 3 aromatic carbocycles. The summed E-state index contributed by atoms with van der Waals surface area (Å²) in [6.07, 6.45) is 3.28. The molecule has 1 aliphatic heterocycles. The van der Waals surface area contributed by atoms with E-state index in [-0.39, 0.29) is 5.91 Å². The standard InChI is InChI=1S/C29H32N6O/c30-13-4-14-34-15-17-35(18-16-34)28-21-31-26-12-9-24(20-27(26)33-28)23-7-10-25(11-8-23)32-29(36)19-22-5-2-1-3-6-22/h1-3,5-12,20-21H,4,13-19,30H2,(H,32,36). The molecule has 1 amide bonds. The van der Waals surface area contributed by atoms with E-state index in [4.69, 9.17) is 10.7 Å². The van der Waals surface area contributed by atoms with Gasteiger partial charge in [-0.15, -0.1) is 0 Å². The summed E-state index contributed by atoms with van der Waals surface area (Å²) in [6, 6.07) is 23.9. The molecule has 2 heterocycles. The van der Waals surface area contributed by atoms with Crippen LogP contribution in [0.1, 0.15) is 12.0 Å². The molecule has 0 atom stereocenters. The van der Waals surface area contributed by atoms with Gasteiger partial charge in [0.15, 0.2) is 0 Å². The Morgan fingerprint density at radius 1 is 0.889 bits per heavy atom. The average Bonchev–Trinajstić information content (AvgIpc) is 2.92. The van der Waals surface area contributed by atoms with Crippen molar-refractivity contribution in [2.45, 2.75) is 12.8 Å². The Morgan fingerprint density at radius 2 is 1.64 bits per heavy atom. The molecule has 36 heavy (non-hydrogen) atoms. The number of amides is 1. The van der Waals surface area contributed by atoms with Gasteiger partial charge < -0.3 is 16.0 Å². The first-order valence-electron chi connectivity index (χ1n) is 12.6. The van der Waals surface area contributed by atoms with Gasteiger partial charge in [0.25, 0.3) is 0 Å². The number of benzene rings is 3. The minimum absolute atomic E-state index is 0.0253. The number of carbonyl (C=O) groups excluding carboxylic acids is 1. The number of rotatable bonds is 8. The van der Waals surface area contributed by atoms with Crippen molar-refractivity contribution < 1.29 is 4.79 Å². The summed E-state index contributed by atoms with van der Waals surface area (Å²) in [5.74, 6) is 0.900. The van der Waals surface area contributed by atoms with Crippen LogP contribution < -0.4 is 16.0 Å². The molecule has 184 valence electrons. The zero-order valence-electron chi connectivity index (χ0n) is 20.4. The van der Waals surface area contributed by atoms with Gasteiger partial charge in [0, 0.05) is 31.9 Å². The van der Waals surface area contributed by atoms with E-state index in [9.17, 15) is 4.79 Å². The lowest BCUT2D eigenvalue weighted by Gasteiger charge is -2.35. The maximum absolute atomic E-state index is 12.4. The monoisotopic (exact) mass is 480 g/mol. The molecule has 5 rings (SSSR count). The SMILES string of the molecule is NCCCN1CCN(c2cnc3ccc(-c4ccc(NC(=O)Cc5ccccc5)cc4)cc3n2)CC1. The normalized spacial score (nSPS) is 14.2. The van der Waals surface area contributed by atoms with Crippen LogP contribution in [-0.4, -0.2) is 60.0 Å². The van der Waals surface area contributed by atoms with Crippen molar-refractivity contribution in [1.82, 2.24) is 14.9 Å². The number of piperazine rings is 1. The summed E-state index contributed by atoms with van der Waals surface area (Å²) in [4.78, 5) is 26.7. The van der Waals surface area contributed by atoms with Crippen LogP contribution in [0.5, 0.6) is 0 Å².